The highest BCUT2D eigenvalue weighted by Crippen LogP contribution is 2.23. The molecular formula is C10H11NO. The monoisotopic (exact) mass is 161 g/mol. The van der Waals surface area contributed by atoms with E-state index in [2.05, 4.69) is 24.4 Å². The number of hydrogen-bond donors (Lipinski definition) is 1. The van der Waals surface area contributed by atoms with Crippen molar-refractivity contribution in [3.05, 3.63) is 35.6 Å². The first-order valence-electron chi connectivity index (χ1n) is 4.15. The summed E-state index contributed by atoms with van der Waals surface area (Å²) >= 11 is 0. The largest absolute Gasteiger partial charge is 0.326 e. The molecule has 1 amide bonds. The van der Waals surface area contributed by atoms with Gasteiger partial charge in [-0.05, 0) is 17.6 Å². The zero-order chi connectivity index (χ0) is 8.55. The van der Waals surface area contributed by atoms with Gasteiger partial charge in [-0.2, -0.15) is 0 Å². The number of rotatable bonds is 0. The van der Waals surface area contributed by atoms with E-state index >= 15 is 0 Å². The average molecular weight is 161 g/mol. The van der Waals surface area contributed by atoms with Crippen molar-refractivity contribution >= 4 is 5.91 Å². The Labute approximate surface area is 71.7 Å². The normalized spacial score (nSPS) is 27.1. The van der Waals surface area contributed by atoms with Gasteiger partial charge in [-0.15, -0.1) is 0 Å². The smallest absolute Gasteiger partial charge is 0.228 e. The Kier molecular flexibility index (Phi) is 1.61. The van der Waals surface area contributed by atoms with Crippen LogP contribution < -0.4 is 5.32 Å². The second kappa shape index (κ2) is 2.63. The molecule has 1 saturated heterocycles. The Hall–Kier alpha value is -1.31. The van der Waals surface area contributed by atoms with Crippen LogP contribution in [0.25, 0.3) is 0 Å². The minimum Gasteiger partial charge on any atom is -0.326 e. The van der Waals surface area contributed by atoms with E-state index in [-0.39, 0.29) is 5.91 Å². The van der Waals surface area contributed by atoms with E-state index in [1.54, 1.807) is 0 Å². The van der Waals surface area contributed by atoms with Crippen molar-refractivity contribution in [1.82, 2.24) is 5.32 Å². The summed E-state index contributed by atoms with van der Waals surface area (Å²) in [6, 6.07) is 0. The number of fused-ring (bicyclic) bond motifs is 1. The van der Waals surface area contributed by atoms with Crippen molar-refractivity contribution in [3.8, 4) is 0 Å². The summed E-state index contributed by atoms with van der Waals surface area (Å²) in [7, 11) is 0. The van der Waals surface area contributed by atoms with Gasteiger partial charge in [-0.1, -0.05) is 25.2 Å². The van der Waals surface area contributed by atoms with Crippen LogP contribution in [0.1, 0.15) is 13.3 Å². The highest BCUT2D eigenvalue weighted by atomic mass is 16.1. The van der Waals surface area contributed by atoms with Gasteiger partial charge in [-0.3, -0.25) is 4.79 Å². The predicted octanol–water partition coefficient (Wildman–Crippen LogP) is 1.52. The summed E-state index contributed by atoms with van der Waals surface area (Å²) in [5, 5.41) is 2.82. The van der Waals surface area contributed by atoms with Crippen LogP contribution in [0.15, 0.2) is 35.6 Å². The summed E-state index contributed by atoms with van der Waals surface area (Å²) in [5.41, 5.74) is 2.11. The third-order valence-electron chi connectivity index (χ3n) is 2.11. The van der Waals surface area contributed by atoms with Gasteiger partial charge in [0.25, 0.3) is 0 Å². The molecule has 0 aromatic heterocycles. The zero-order valence-electron chi connectivity index (χ0n) is 7.00. The molecule has 0 aromatic rings. The molecule has 1 atom stereocenters. The van der Waals surface area contributed by atoms with E-state index in [1.807, 2.05) is 12.2 Å². The highest BCUT2D eigenvalue weighted by molar-refractivity contribution is 5.87. The standard InChI is InChI=1S/C10H11NO/c1-7-3-2-4-9-8(5-7)6-10(12)11-9/h2-5,7H,6H2,1H3,(H,11,12). The molecule has 2 rings (SSSR count). The number of allylic oxidation sites excluding steroid dienone is 5. The van der Waals surface area contributed by atoms with Crippen LogP contribution in [0.5, 0.6) is 0 Å². The molecule has 2 aliphatic rings. The van der Waals surface area contributed by atoms with Crippen molar-refractivity contribution in [2.24, 2.45) is 5.92 Å². The molecule has 0 bridgehead atoms. The Bertz CT molecular complexity index is 310. The van der Waals surface area contributed by atoms with Crippen molar-refractivity contribution in [2.75, 3.05) is 0 Å². The van der Waals surface area contributed by atoms with Crippen molar-refractivity contribution in [1.29, 1.82) is 0 Å². The van der Waals surface area contributed by atoms with Crippen LogP contribution >= 0.6 is 0 Å². The van der Waals surface area contributed by atoms with Crippen molar-refractivity contribution in [2.45, 2.75) is 13.3 Å². The lowest BCUT2D eigenvalue weighted by atomic mass is 10.1. The van der Waals surface area contributed by atoms with Gasteiger partial charge in [-0.25, -0.2) is 0 Å². The van der Waals surface area contributed by atoms with Gasteiger partial charge in [0.05, 0.1) is 6.42 Å². The van der Waals surface area contributed by atoms with Crippen LogP contribution in [-0.2, 0) is 4.79 Å². The van der Waals surface area contributed by atoms with E-state index in [4.69, 9.17) is 0 Å². The number of amides is 1. The van der Waals surface area contributed by atoms with Crippen LogP contribution in [0.3, 0.4) is 0 Å². The van der Waals surface area contributed by atoms with Gasteiger partial charge in [0.1, 0.15) is 0 Å². The molecule has 1 heterocycles. The second-order valence-electron chi connectivity index (χ2n) is 3.24. The lowest BCUT2D eigenvalue weighted by Gasteiger charge is -1.98. The van der Waals surface area contributed by atoms with Gasteiger partial charge >= 0.3 is 0 Å². The maximum absolute atomic E-state index is 11.0. The van der Waals surface area contributed by atoms with Crippen LogP contribution in [0.2, 0.25) is 0 Å². The van der Waals surface area contributed by atoms with Crippen LogP contribution in [-0.4, -0.2) is 5.91 Å². The molecule has 1 fully saturated rings. The minimum atomic E-state index is 0.106. The lowest BCUT2D eigenvalue weighted by molar-refractivity contribution is -0.118. The molecule has 0 saturated carbocycles. The molecule has 1 unspecified atom stereocenters. The molecule has 0 radical (unpaired) electrons. The third-order valence-corrected chi connectivity index (χ3v) is 2.11. The fourth-order valence-corrected chi connectivity index (χ4v) is 1.54. The fourth-order valence-electron chi connectivity index (χ4n) is 1.54. The van der Waals surface area contributed by atoms with E-state index in [9.17, 15) is 4.79 Å². The number of nitrogens with one attached hydrogen (secondary N) is 1. The molecule has 2 heteroatoms. The minimum absolute atomic E-state index is 0.106. The molecule has 0 spiro atoms. The Morgan fingerprint density at radius 2 is 2.42 bits per heavy atom. The van der Waals surface area contributed by atoms with Gasteiger partial charge in [0.2, 0.25) is 5.91 Å². The van der Waals surface area contributed by atoms with Gasteiger partial charge in [0, 0.05) is 5.70 Å². The number of carbonyl (C=O) groups is 1. The Balaban J connectivity index is 2.37. The molecule has 1 N–H and O–H groups in total. The topological polar surface area (TPSA) is 29.1 Å². The molecule has 2 nitrogen and oxygen atoms in total. The SMILES string of the molecule is CC1C=CC=C2NC(=O)CC2=C1. The maximum atomic E-state index is 11.0. The molecule has 1 aliphatic carbocycles. The molecule has 12 heavy (non-hydrogen) atoms. The fraction of sp³-hybridized carbons (Fsp3) is 0.300. The summed E-state index contributed by atoms with van der Waals surface area (Å²) in [6.45, 7) is 2.11. The summed E-state index contributed by atoms with van der Waals surface area (Å²) in [4.78, 5) is 11.0. The Morgan fingerprint density at radius 1 is 1.58 bits per heavy atom. The first-order valence-corrected chi connectivity index (χ1v) is 4.15. The molecule has 1 aliphatic heterocycles. The van der Waals surface area contributed by atoms with Crippen LogP contribution in [0, 0.1) is 5.92 Å². The molecule has 0 aromatic carbocycles. The number of carbonyl (C=O) groups excluding carboxylic acids is 1. The van der Waals surface area contributed by atoms with Crippen LogP contribution in [0.4, 0.5) is 0 Å². The van der Waals surface area contributed by atoms with Crippen molar-refractivity contribution in [3.63, 3.8) is 0 Å². The lowest BCUT2D eigenvalue weighted by Crippen LogP contribution is -2.11. The maximum Gasteiger partial charge on any atom is 0.228 e. The van der Waals surface area contributed by atoms with E-state index in [0.29, 0.717) is 12.3 Å². The van der Waals surface area contributed by atoms with E-state index in [1.165, 1.54) is 0 Å². The summed E-state index contributed by atoms with van der Waals surface area (Å²) < 4.78 is 0. The quantitative estimate of drug-likeness (QED) is 0.573. The van der Waals surface area contributed by atoms with Gasteiger partial charge in [0.15, 0.2) is 0 Å². The molecular weight excluding hydrogens is 150 g/mol. The predicted molar refractivity (Wildman–Crippen MR) is 47.2 cm³/mol. The first kappa shape index (κ1) is 7.35. The highest BCUT2D eigenvalue weighted by Gasteiger charge is 2.20. The van der Waals surface area contributed by atoms with Gasteiger partial charge < -0.3 is 5.32 Å². The zero-order valence-corrected chi connectivity index (χ0v) is 7.00. The van der Waals surface area contributed by atoms with Crippen molar-refractivity contribution < 1.29 is 4.79 Å². The van der Waals surface area contributed by atoms with E-state index in [0.717, 1.165) is 11.3 Å². The summed E-state index contributed by atoms with van der Waals surface area (Å²) in [6.07, 6.45) is 8.74. The first-order chi connectivity index (χ1) is 5.75. The summed E-state index contributed by atoms with van der Waals surface area (Å²) in [5.74, 6) is 0.538. The number of hydrogen-bond acceptors (Lipinski definition) is 1. The van der Waals surface area contributed by atoms with E-state index < -0.39 is 0 Å². The third kappa shape index (κ3) is 1.20. The average Bonchev–Trinajstić information content (AvgIpc) is 2.23. The molecule has 62 valence electrons. The Morgan fingerprint density at radius 3 is 3.25 bits per heavy atom. The second-order valence-corrected chi connectivity index (χ2v) is 3.24.